The first-order valence-corrected chi connectivity index (χ1v) is 5.76. The minimum Gasteiger partial charge on any atom is -0.219 e. The quantitative estimate of drug-likeness (QED) is 0.819. The Bertz CT molecular complexity index is 628. The van der Waals surface area contributed by atoms with E-state index in [1.165, 1.54) is 0 Å². The van der Waals surface area contributed by atoms with E-state index < -0.39 is 0 Å². The number of nitrogens with zero attached hydrogens (tertiary/aromatic N) is 5. The normalized spacial score (nSPS) is 14.2. The van der Waals surface area contributed by atoms with Crippen LogP contribution in [0, 0.1) is 11.3 Å². The zero-order valence-electron chi connectivity index (χ0n) is 9.74. The van der Waals surface area contributed by atoms with Crippen molar-refractivity contribution in [2.24, 2.45) is 0 Å². The highest BCUT2D eigenvalue weighted by molar-refractivity contribution is 5.44. The predicted molar refractivity (Wildman–Crippen MR) is 65.9 cm³/mol. The van der Waals surface area contributed by atoms with Crippen molar-refractivity contribution in [2.45, 2.75) is 18.8 Å². The summed E-state index contributed by atoms with van der Waals surface area (Å²) in [6.45, 7) is 3.65. The second-order valence-electron chi connectivity index (χ2n) is 4.28. The van der Waals surface area contributed by atoms with Gasteiger partial charge in [0.1, 0.15) is 6.07 Å². The largest absolute Gasteiger partial charge is 0.250 e. The second-order valence-corrected chi connectivity index (χ2v) is 4.28. The van der Waals surface area contributed by atoms with Crippen LogP contribution in [0.15, 0.2) is 25.2 Å². The molecule has 0 aliphatic heterocycles. The van der Waals surface area contributed by atoms with Gasteiger partial charge in [-0.3, -0.25) is 0 Å². The first-order chi connectivity index (χ1) is 8.81. The summed E-state index contributed by atoms with van der Waals surface area (Å²) < 4.78 is 1.57. The van der Waals surface area contributed by atoms with E-state index in [1.54, 1.807) is 29.3 Å². The average molecular weight is 237 g/mol. The molecule has 0 radical (unpaired) electrons. The maximum Gasteiger partial charge on any atom is 0.250 e. The van der Waals surface area contributed by atoms with Gasteiger partial charge in [-0.2, -0.15) is 10.4 Å². The molecule has 0 atom stereocenters. The van der Waals surface area contributed by atoms with Crippen molar-refractivity contribution in [3.63, 3.8) is 0 Å². The Hall–Kier alpha value is -2.48. The number of nitriles is 1. The molecule has 5 nitrogen and oxygen atoms in total. The van der Waals surface area contributed by atoms with Crippen LogP contribution in [0.5, 0.6) is 0 Å². The van der Waals surface area contributed by atoms with Crippen LogP contribution in [0.25, 0.3) is 12.0 Å². The van der Waals surface area contributed by atoms with E-state index in [0.717, 1.165) is 24.1 Å². The number of rotatable bonds is 3. The van der Waals surface area contributed by atoms with Gasteiger partial charge >= 0.3 is 0 Å². The molecule has 0 spiro atoms. The van der Waals surface area contributed by atoms with Gasteiger partial charge in [-0.1, -0.05) is 12.7 Å². The molecule has 0 amide bonds. The third-order valence-corrected chi connectivity index (χ3v) is 2.93. The number of hydrogen-bond donors (Lipinski definition) is 0. The molecule has 3 rings (SSSR count). The van der Waals surface area contributed by atoms with Crippen molar-refractivity contribution in [1.82, 2.24) is 19.7 Å². The van der Waals surface area contributed by atoms with Crippen LogP contribution in [-0.4, -0.2) is 19.7 Å². The van der Waals surface area contributed by atoms with Crippen LogP contribution in [0.4, 0.5) is 0 Å². The highest BCUT2D eigenvalue weighted by atomic mass is 15.3. The minimum absolute atomic E-state index is 0.438. The molecule has 0 N–H and O–H groups in total. The summed E-state index contributed by atoms with van der Waals surface area (Å²) in [5.74, 6) is 0.914. The van der Waals surface area contributed by atoms with Crippen molar-refractivity contribution in [2.75, 3.05) is 0 Å². The molecule has 0 bridgehead atoms. The summed E-state index contributed by atoms with van der Waals surface area (Å²) in [4.78, 5) is 8.39. The Morgan fingerprint density at radius 3 is 2.67 bits per heavy atom. The highest BCUT2D eigenvalue weighted by Gasteiger charge is 2.29. The first kappa shape index (κ1) is 10.7. The van der Waals surface area contributed by atoms with E-state index >= 15 is 0 Å². The summed E-state index contributed by atoms with van der Waals surface area (Å²) in [6.07, 6.45) is 8.96. The monoisotopic (exact) mass is 237 g/mol. The summed E-state index contributed by atoms with van der Waals surface area (Å²) >= 11 is 0. The van der Waals surface area contributed by atoms with Gasteiger partial charge in [-0.25, -0.2) is 14.6 Å². The molecular formula is C13H11N5. The molecule has 0 saturated heterocycles. The van der Waals surface area contributed by atoms with Crippen molar-refractivity contribution >= 4 is 6.08 Å². The van der Waals surface area contributed by atoms with Gasteiger partial charge in [-0.05, 0) is 12.8 Å². The Labute approximate surface area is 104 Å². The molecule has 88 valence electrons. The molecule has 1 aliphatic rings. The van der Waals surface area contributed by atoms with E-state index in [4.69, 9.17) is 5.26 Å². The van der Waals surface area contributed by atoms with Gasteiger partial charge in [-0.15, -0.1) is 0 Å². The van der Waals surface area contributed by atoms with Gasteiger partial charge in [0.05, 0.1) is 17.5 Å². The van der Waals surface area contributed by atoms with Crippen molar-refractivity contribution < 1.29 is 0 Å². The highest BCUT2D eigenvalue weighted by Crippen LogP contribution is 2.40. The molecule has 1 fully saturated rings. The lowest BCUT2D eigenvalue weighted by atomic mass is 10.2. The third kappa shape index (κ3) is 1.78. The fourth-order valence-electron chi connectivity index (χ4n) is 1.79. The molecule has 0 unspecified atom stereocenters. The van der Waals surface area contributed by atoms with Crippen LogP contribution in [0.3, 0.4) is 0 Å². The summed E-state index contributed by atoms with van der Waals surface area (Å²) in [5.41, 5.74) is 2.34. The average Bonchev–Trinajstić information content (AvgIpc) is 3.18. The Balaban J connectivity index is 2.00. The van der Waals surface area contributed by atoms with Crippen LogP contribution in [-0.2, 0) is 0 Å². The molecule has 2 heterocycles. The molecule has 5 heteroatoms. The lowest BCUT2D eigenvalue weighted by Gasteiger charge is -1.98. The molecule has 1 saturated carbocycles. The van der Waals surface area contributed by atoms with Gasteiger partial charge in [0.25, 0.3) is 5.95 Å². The van der Waals surface area contributed by atoms with E-state index in [-0.39, 0.29) is 0 Å². The van der Waals surface area contributed by atoms with E-state index in [2.05, 4.69) is 27.7 Å². The molecule has 1 aliphatic carbocycles. The molecule has 2 aromatic rings. The van der Waals surface area contributed by atoms with Gasteiger partial charge in [0, 0.05) is 23.9 Å². The smallest absolute Gasteiger partial charge is 0.219 e. The minimum atomic E-state index is 0.438. The fraction of sp³-hybridized carbons (Fsp3) is 0.231. The van der Waals surface area contributed by atoms with Crippen LogP contribution >= 0.6 is 0 Å². The van der Waals surface area contributed by atoms with Crippen molar-refractivity contribution in [3.05, 3.63) is 42.0 Å². The fourth-order valence-corrected chi connectivity index (χ4v) is 1.79. The van der Waals surface area contributed by atoms with Crippen LogP contribution < -0.4 is 0 Å². The van der Waals surface area contributed by atoms with Gasteiger partial charge in [0.2, 0.25) is 0 Å². The first-order valence-electron chi connectivity index (χ1n) is 5.76. The van der Waals surface area contributed by atoms with E-state index in [9.17, 15) is 0 Å². The standard InChI is InChI=1S/C13H11N5/c1-2-9-6-15-13(16-7-9)18-8-11(5-14)12(17-18)10-3-4-10/h2,6-8,10H,1,3-4H2. The number of hydrogen-bond acceptors (Lipinski definition) is 4. The van der Waals surface area contributed by atoms with Gasteiger partial charge in [0.15, 0.2) is 0 Å². The summed E-state index contributed by atoms with van der Waals surface area (Å²) in [7, 11) is 0. The van der Waals surface area contributed by atoms with Crippen molar-refractivity contribution in [1.29, 1.82) is 5.26 Å². The SMILES string of the molecule is C=Cc1cnc(-n2cc(C#N)c(C3CC3)n2)nc1. The Morgan fingerprint density at radius 2 is 2.11 bits per heavy atom. The molecule has 18 heavy (non-hydrogen) atoms. The maximum atomic E-state index is 9.08. The molecular weight excluding hydrogens is 226 g/mol. The predicted octanol–water partition coefficient (Wildman–Crippen LogP) is 2.05. The lowest BCUT2D eigenvalue weighted by molar-refractivity contribution is 0.782. The molecule has 2 aromatic heterocycles. The molecule has 0 aromatic carbocycles. The number of aromatic nitrogens is 4. The maximum absolute atomic E-state index is 9.08. The van der Waals surface area contributed by atoms with E-state index in [0.29, 0.717) is 17.4 Å². The van der Waals surface area contributed by atoms with Crippen molar-refractivity contribution in [3.8, 4) is 12.0 Å². The summed E-state index contributed by atoms with van der Waals surface area (Å²) in [6, 6.07) is 2.17. The third-order valence-electron chi connectivity index (χ3n) is 2.93. The van der Waals surface area contributed by atoms with Crippen LogP contribution in [0.1, 0.15) is 35.6 Å². The summed E-state index contributed by atoms with van der Waals surface area (Å²) in [5, 5.41) is 13.5. The van der Waals surface area contributed by atoms with Crippen LogP contribution in [0.2, 0.25) is 0 Å². The van der Waals surface area contributed by atoms with E-state index in [1.807, 2.05) is 0 Å². The zero-order valence-corrected chi connectivity index (χ0v) is 9.74. The lowest BCUT2D eigenvalue weighted by Crippen LogP contribution is -2.01. The van der Waals surface area contributed by atoms with Gasteiger partial charge < -0.3 is 0 Å². The second kappa shape index (κ2) is 4.08. The topological polar surface area (TPSA) is 67.4 Å². The zero-order chi connectivity index (χ0) is 12.5. The Kier molecular flexibility index (Phi) is 2.41. The Morgan fingerprint density at radius 1 is 1.39 bits per heavy atom.